The Balaban J connectivity index is 1.70. The quantitative estimate of drug-likeness (QED) is 0.523. The molecule has 0 radical (unpaired) electrons. The van der Waals surface area contributed by atoms with Crippen LogP contribution in [-0.4, -0.2) is 25.1 Å². The van der Waals surface area contributed by atoms with Crippen LogP contribution in [0.5, 0.6) is 5.75 Å². The molecule has 1 aromatic carbocycles. The second kappa shape index (κ2) is 8.82. The van der Waals surface area contributed by atoms with Gasteiger partial charge in [-0.05, 0) is 44.0 Å². The summed E-state index contributed by atoms with van der Waals surface area (Å²) in [7, 11) is 0. The van der Waals surface area contributed by atoms with Crippen LogP contribution in [0.4, 0.5) is 0 Å². The average molecular weight is 365 g/mol. The van der Waals surface area contributed by atoms with Crippen LogP contribution in [0.15, 0.2) is 22.7 Å². The van der Waals surface area contributed by atoms with Gasteiger partial charge in [-0.2, -0.15) is 0 Å². The maximum absolute atomic E-state index is 11.6. The zero-order valence-corrected chi connectivity index (χ0v) is 14.1. The highest BCUT2D eigenvalue weighted by molar-refractivity contribution is 9.10. The van der Waals surface area contributed by atoms with Gasteiger partial charge in [-0.25, -0.2) is 0 Å². The molecule has 2 rings (SSSR count). The molecule has 0 spiro atoms. The van der Waals surface area contributed by atoms with Gasteiger partial charge in [-0.15, -0.1) is 6.42 Å². The molecule has 118 valence electrons. The van der Waals surface area contributed by atoms with E-state index in [0.29, 0.717) is 19.0 Å². The van der Waals surface area contributed by atoms with Gasteiger partial charge in [0, 0.05) is 29.0 Å². The molecule has 1 fully saturated rings. The highest BCUT2D eigenvalue weighted by Gasteiger charge is 2.22. The highest BCUT2D eigenvalue weighted by atomic mass is 79.9. The number of carbonyl (C=O) groups excluding carboxylic acids is 1. The SMILES string of the molecule is C#CCOc1ccc(Br)cc1CNCCCC(=O)NC1CC1. The second-order valence-electron chi connectivity index (χ2n) is 5.37. The first-order valence-electron chi connectivity index (χ1n) is 7.54. The number of carbonyl (C=O) groups is 1. The lowest BCUT2D eigenvalue weighted by atomic mass is 10.2. The van der Waals surface area contributed by atoms with Gasteiger partial charge in [0.1, 0.15) is 12.4 Å². The van der Waals surface area contributed by atoms with Crippen molar-refractivity contribution in [3.05, 3.63) is 28.2 Å². The van der Waals surface area contributed by atoms with Crippen molar-refractivity contribution in [3.8, 4) is 18.1 Å². The van der Waals surface area contributed by atoms with Crippen molar-refractivity contribution in [2.45, 2.75) is 38.3 Å². The van der Waals surface area contributed by atoms with E-state index in [0.717, 1.165) is 41.6 Å². The fourth-order valence-electron chi connectivity index (χ4n) is 2.07. The van der Waals surface area contributed by atoms with Crippen molar-refractivity contribution in [3.63, 3.8) is 0 Å². The predicted octanol–water partition coefficient (Wildman–Crippen LogP) is 2.61. The second-order valence-corrected chi connectivity index (χ2v) is 6.28. The van der Waals surface area contributed by atoms with Gasteiger partial charge in [-0.1, -0.05) is 21.9 Å². The van der Waals surface area contributed by atoms with Gasteiger partial charge in [-0.3, -0.25) is 4.79 Å². The van der Waals surface area contributed by atoms with E-state index in [1.54, 1.807) is 0 Å². The lowest BCUT2D eigenvalue weighted by Gasteiger charge is -2.11. The molecular formula is C17H21BrN2O2. The molecule has 1 aromatic rings. The molecule has 0 saturated heterocycles. The molecule has 0 atom stereocenters. The molecule has 0 aromatic heterocycles. The van der Waals surface area contributed by atoms with Gasteiger partial charge in [0.15, 0.2) is 0 Å². The Morgan fingerprint density at radius 3 is 3.00 bits per heavy atom. The zero-order chi connectivity index (χ0) is 15.8. The van der Waals surface area contributed by atoms with E-state index in [9.17, 15) is 4.79 Å². The third kappa shape index (κ3) is 6.08. The van der Waals surface area contributed by atoms with Crippen LogP contribution in [0.2, 0.25) is 0 Å². The van der Waals surface area contributed by atoms with E-state index in [-0.39, 0.29) is 12.5 Å². The normalized spacial score (nSPS) is 13.5. The molecule has 2 N–H and O–H groups in total. The summed E-state index contributed by atoms with van der Waals surface area (Å²) in [5.41, 5.74) is 1.05. The first-order chi connectivity index (χ1) is 10.7. The number of hydrogen-bond donors (Lipinski definition) is 2. The van der Waals surface area contributed by atoms with E-state index in [1.165, 1.54) is 0 Å². The standard InChI is InChI=1S/C17H21BrN2O2/c1-2-10-22-16-8-5-14(18)11-13(16)12-19-9-3-4-17(21)20-15-6-7-15/h1,5,8,11,15,19H,3-4,6-7,9-10,12H2,(H,20,21). The molecule has 0 aliphatic heterocycles. The summed E-state index contributed by atoms with van der Waals surface area (Å²) >= 11 is 3.46. The van der Waals surface area contributed by atoms with Crippen LogP contribution in [-0.2, 0) is 11.3 Å². The topological polar surface area (TPSA) is 50.4 Å². The Kier molecular flexibility index (Phi) is 6.75. The first kappa shape index (κ1) is 16.9. The minimum atomic E-state index is 0.157. The molecule has 1 aliphatic carbocycles. The number of benzene rings is 1. The van der Waals surface area contributed by atoms with E-state index < -0.39 is 0 Å². The maximum Gasteiger partial charge on any atom is 0.220 e. The summed E-state index contributed by atoms with van der Waals surface area (Å²) in [6.07, 6.45) is 8.89. The van der Waals surface area contributed by atoms with Gasteiger partial charge >= 0.3 is 0 Å². The summed E-state index contributed by atoms with van der Waals surface area (Å²) in [6.45, 7) is 1.73. The van der Waals surface area contributed by atoms with Crippen LogP contribution < -0.4 is 15.4 Å². The predicted molar refractivity (Wildman–Crippen MR) is 90.6 cm³/mol. The summed E-state index contributed by atoms with van der Waals surface area (Å²) in [6, 6.07) is 6.29. The average Bonchev–Trinajstić information content (AvgIpc) is 3.30. The number of halogens is 1. The molecule has 4 nitrogen and oxygen atoms in total. The Bertz CT molecular complexity index is 550. The van der Waals surface area contributed by atoms with Gasteiger partial charge in [0.25, 0.3) is 0 Å². The lowest BCUT2D eigenvalue weighted by molar-refractivity contribution is -0.121. The van der Waals surface area contributed by atoms with Crippen LogP contribution in [0.1, 0.15) is 31.2 Å². The molecule has 5 heteroatoms. The number of rotatable bonds is 9. The number of nitrogens with one attached hydrogen (secondary N) is 2. The highest BCUT2D eigenvalue weighted by Crippen LogP contribution is 2.23. The molecule has 0 heterocycles. The third-order valence-electron chi connectivity index (χ3n) is 3.35. The number of amides is 1. The minimum absolute atomic E-state index is 0.157. The van der Waals surface area contributed by atoms with Crippen molar-refractivity contribution < 1.29 is 9.53 Å². The molecule has 22 heavy (non-hydrogen) atoms. The summed E-state index contributed by atoms with van der Waals surface area (Å²) < 4.78 is 6.53. The number of ether oxygens (including phenoxy) is 1. The fourth-order valence-corrected chi connectivity index (χ4v) is 2.48. The van der Waals surface area contributed by atoms with Crippen LogP contribution in [0, 0.1) is 12.3 Å². The van der Waals surface area contributed by atoms with E-state index >= 15 is 0 Å². The van der Waals surface area contributed by atoms with Crippen molar-refractivity contribution in [2.75, 3.05) is 13.2 Å². The number of terminal acetylenes is 1. The van der Waals surface area contributed by atoms with Crippen molar-refractivity contribution in [1.82, 2.24) is 10.6 Å². The smallest absolute Gasteiger partial charge is 0.220 e. The Morgan fingerprint density at radius 1 is 1.45 bits per heavy atom. The monoisotopic (exact) mass is 364 g/mol. The summed E-state index contributed by atoms with van der Waals surface area (Å²) in [5, 5.41) is 6.33. The minimum Gasteiger partial charge on any atom is -0.481 e. The van der Waals surface area contributed by atoms with Crippen LogP contribution in [0.3, 0.4) is 0 Å². The largest absolute Gasteiger partial charge is 0.481 e. The third-order valence-corrected chi connectivity index (χ3v) is 3.84. The molecule has 0 bridgehead atoms. The molecule has 0 unspecified atom stereocenters. The molecule has 1 amide bonds. The first-order valence-corrected chi connectivity index (χ1v) is 8.33. The van der Waals surface area contributed by atoms with Gasteiger partial charge < -0.3 is 15.4 Å². The Hall–Kier alpha value is -1.51. The van der Waals surface area contributed by atoms with Crippen molar-refractivity contribution in [1.29, 1.82) is 0 Å². The van der Waals surface area contributed by atoms with Crippen LogP contribution in [0.25, 0.3) is 0 Å². The summed E-state index contributed by atoms with van der Waals surface area (Å²) in [4.78, 5) is 11.6. The lowest BCUT2D eigenvalue weighted by Crippen LogP contribution is -2.26. The van der Waals surface area contributed by atoms with Crippen molar-refractivity contribution >= 4 is 21.8 Å². The maximum atomic E-state index is 11.6. The van der Waals surface area contributed by atoms with Crippen LogP contribution >= 0.6 is 15.9 Å². The summed E-state index contributed by atoms with van der Waals surface area (Å²) in [5.74, 6) is 3.42. The number of hydrogen-bond acceptors (Lipinski definition) is 3. The molecule has 1 saturated carbocycles. The zero-order valence-electron chi connectivity index (χ0n) is 12.5. The van der Waals surface area contributed by atoms with Gasteiger partial charge in [0.2, 0.25) is 5.91 Å². The Labute approximate surface area is 140 Å². The Morgan fingerprint density at radius 2 is 2.27 bits per heavy atom. The van der Waals surface area contributed by atoms with Crippen molar-refractivity contribution in [2.24, 2.45) is 0 Å². The van der Waals surface area contributed by atoms with E-state index in [2.05, 4.69) is 32.5 Å². The fraction of sp³-hybridized carbons (Fsp3) is 0.471. The molecule has 1 aliphatic rings. The van der Waals surface area contributed by atoms with E-state index in [4.69, 9.17) is 11.2 Å². The van der Waals surface area contributed by atoms with E-state index in [1.807, 2.05) is 18.2 Å². The van der Waals surface area contributed by atoms with Gasteiger partial charge in [0.05, 0.1) is 0 Å². The molecular weight excluding hydrogens is 344 g/mol.